The molecule has 1 rings (SSSR count). The molecule has 0 saturated heterocycles. The number of pyridine rings is 1. The molecule has 0 fully saturated rings. The molecule has 0 aliphatic heterocycles. The molecule has 0 bridgehead atoms. The minimum absolute atomic E-state index is 0.281. The fraction of sp³-hybridized carbons (Fsp3) is 0.455. The normalized spacial score (nSPS) is 11.8. The van der Waals surface area contributed by atoms with Crippen molar-refractivity contribution in [3.63, 3.8) is 0 Å². The molecule has 4 nitrogen and oxygen atoms in total. The predicted octanol–water partition coefficient (Wildman–Crippen LogP) is 2.14. The van der Waals surface area contributed by atoms with Gasteiger partial charge in [-0.3, -0.25) is 0 Å². The number of hydrogen-bond donors (Lipinski definition) is 2. The summed E-state index contributed by atoms with van der Waals surface area (Å²) in [5, 5.41) is 12.0. The van der Waals surface area contributed by atoms with Gasteiger partial charge in [-0.1, -0.05) is 13.3 Å². The summed E-state index contributed by atoms with van der Waals surface area (Å²) in [6.07, 6.45) is 2.20. The Morgan fingerprint density at radius 3 is 2.93 bits per heavy atom. The maximum atomic E-state index is 8.76. The van der Waals surface area contributed by atoms with Gasteiger partial charge in [0.15, 0.2) is 5.69 Å². The molecule has 0 aliphatic carbocycles. The molecule has 15 heavy (non-hydrogen) atoms. The lowest BCUT2D eigenvalue weighted by atomic mass is 10.2. The first-order valence-corrected chi connectivity index (χ1v) is 5.10. The third-order valence-electron chi connectivity index (χ3n) is 2.15. The number of nitrogens with two attached hydrogens (primary N) is 1. The topological polar surface area (TPSA) is 74.7 Å². The minimum atomic E-state index is 0.281. The van der Waals surface area contributed by atoms with E-state index in [1.165, 1.54) is 0 Å². The zero-order chi connectivity index (χ0) is 11.3. The van der Waals surface area contributed by atoms with Crippen molar-refractivity contribution in [2.75, 3.05) is 11.1 Å². The Bertz CT molecular complexity index is 367. The molecular weight excluding hydrogens is 188 g/mol. The number of anilines is 2. The largest absolute Gasteiger partial charge is 0.396 e. The van der Waals surface area contributed by atoms with E-state index < -0.39 is 0 Å². The number of nitrogen functional groups attached to an aromatic ring is 1. The first-order chi connectivity index (χ1) is 7.17. The molecule has 4 heteroatoms. The van der Waals surface area contributed by atoms with Gasteiger partial charge in [-0.25, -0.2) is 4.98 Å². The lowest BCUT2D eigenvalue weighted by Crippen LogP contribution is -2.15. The minimum Gasteiger partial charge on any atom is -0.396 e. The molecule has 1 unspecified atom stereocenters. The lowest BCUT2D eigenvalue weighted by molar-refractivity contribution is 0.687. The van der Waals surface area contributed by atoms with Crippen LogP contribution >= 0.6 is 0 Å². The van der Waals surface area contributed by atoms with E-state index in [2.05, 4.69) is 24.1 Å². The Morgan fingerprint density at radius 2 is 2.33 bits per heavy atom. The summed E-state index contributed by atoms with van der Waals surface area (Å²) in [6, 6.07) is 5.82. The average molecular weight is 204 g/mol. The molecule has 0 saturated carbocycles. The van der Waals surface area contributed by atoms with E-state index in [0.717, 1.165) is 12.8 Å². The first-order valence-electron chi connectivity index (χ1n) is 5.10. The average Bonchev–Trinajstić information content (AvgIpc) is 2.21. The van der Waals surface area contributed by atoms with Crippen molar-refractivity contribution in [1.29, 1.82) is 5.26 Å². The number of nitrogens with one attached hydrogen (secondary N) is 1. The van der Waals surface area contributed by atoms with Crippen LogP contribution in [0, 0.1) is 11.3 Å². The summed E-state index contributed by atoms with van der Waals surface area (Å²) in [5.74, 6) is 0.710. The van der Waals surface area contributed by atoms with Gasteiger partial charge >= 0.3 is 0 Å². The van der Waals surface area contributed by atoms with Crippen LogP contribution < -0.4 is 11.1 Å². The molecule has 1 atom stereocenters. The lowest BCUT2D eigenvalue weighted by Gasteiger charge is -2.13. The number of nitrogens with zero attached hydrogens (tertiary/aromatic N) is 2. The standard InChI is InChI=1S/C11H16N4/c1-3-4-8(2)14-11-6-5-9(13)10(7-12)15-11/h5-6,8H,3-4,13H2,1-2H3,(H,14,15). The van der Waals surface area contributed by atoms with Crippen molar-refractivity contribution in [2.24, 2.45) is 0 Å². The Kier molecular flexibility index (Phi) is 3.92. The Balaban J connectivity index is 2.75. The molecule has 3 N–H and O–H groups in total. The maximum absolute atomic E-state index is 8.76. The van der Waals surface area contributed by atoms with Crippen LogP contribution in [-0.2, 0) is 0 Å². The van der Waals surface area contributed by atoms with Crippen LogP contribution in [0.1, 0.15) is 32.4 Å². The molecule has 0 aromatic carbocycles. The fourth-order valence-electron chi connectivity index (χ4n) is 1.40. The van der Waals surface area contributed by atoms with Crippen LogP contribution in [0.25, 0.3) is 0 Å². The van der Waals surface area contributed by atoms with Gasteiger partial charge in [-0.15, -0.1) is 0 Å². The third-order valence-corrected chi connectivity index (χ3v) is 2.15. The summed E-state index contributed by atoms with van der Waals surface area (Å²) in [5.41, 5.74) is 6.28. The number of nitriles is 1. The summed E-state index contributed by atoms with van der Waals surface area (Å²) in [6.45, 7) is 4.23. The van der Waals surface area contributed by atoms with Gasteiger partial charge in [-0.05, 0) is 25.5 Å². The molecular formula is C11H16N4. The van der Waals surface area contributed by atoms with Gasteiger partial charge in [0.1, 0.15) is 11.9 Å². The van der Waals surface area contributed by atoms with E-state index in [1.807, 2.05) is 6.07 Å². The summed E-state index contributed by atoms with van der Waals surface area (Å²) in [4.78, 5) is 4.12. The summed E-state index contributed by atoms with van der Waals surface area (Å²) in [7, 11) is 0. The van der Waals surface area contributed by atoms with Crippen molar-refractivity contribution in [3.8, 4) is 6.07 Å². The van der Waals surface area contributed by atoms with Crippen LogP contribution in [0.2, 0.25) is 0 Å². The highest BCUT2D eigenvalue weighted by atomic mass is 15.0. The van der Waals surface area contributed by atoms with Gasteiger partial charge in [0.25, 0.3) is 0 Å². The Labute approximate surface area is 90.1 Å². The van der Waals surface area contributed by atoms with E-state index in [1.54, 1.807) is 12.1 Å². The van der Waals surface area contributed by atoms with Crippen molar-refractivity contribution >= 4 is 11.5 Å². The van der Waals surface area contributed by atoms with Crippen molar-refractivity contribution in [3.05, 3.63) is 17.8 Å². The maximum Gasteiger partial charge on any atom is 0.165 e. The van der Waals surface area contributed by atoms with E-state index in [0.29, 0.717) is 17.5 Å². The predicted molar refractivity (Wildman–Crippen MR) is 61.4 cm³/mol. The van der Waals surface area contributed by atoms with E-state index in [4.69, 9.17) is 11.0 Å². The fourth-order valence-corrected chi connectivity index (χ4v) is 1.40. The van der Waals surface area contributed by atoms with E-state index in [-0.39, 0.29) is 5.69 Å². The van der Waals surface area contributed by atoms with E-state index >= 15 is 0 Å². The SMILES string of the molecule is CCCC(C)Nc1ccc(N)c(C#N)n1. The quantitative estimate of drug-likeness (QED) is 0.787. The third kappa shape index (κ3) is 3.13. The first kappa shape index (κ1) is 11.3. The van der Waals surface area contributed by atoms with E-state index in [9.17, 15) is 0 Å². The molecule has 0 aliphatic rings. The van der Waals surface area contributed by atoms with Crippen molar-refractivity contribution in [1.82, 2.24) is 4.98 Å². The van der Waals surface area contributed by atoms with Crippen LogP contribution in [0.5, 0.6) is 0 Å². The molecule has 1 heterocycles. The molecule has 0 radical (unpaired) electrons. The number of hydrogen-bond acceptors (Lipinski definition) is 4. The molecule has 1 aromatic heterocycles. The highest BCUT2D eigenvalue weighted by molar-refractivity contribution is 5.54. The molecule has 80 valence electrons. The Hall–Kier alpha value is -1.76. The van der Waals surface area contributed by atoms with Crippen LogP contribution in [-0.4, -0.2) is 11.0 Å². The second-order valence-corrected chi connectivity index (χ2v) is 3.58. The second kappa shape index (κ2) is 5.20. The van der Waals surface area contributed by atoms with Gasteiger partial charge < -0.3 is 11.1 Å². The second-order valence-electron chi connectivity index (χ2n) is 3.58. The van der Waals surface area contributed by atoms with Gasteiger partial charge in [0, 0.05) is 6.04 Å². The monoisotopic (exact) mass is 204 g/mol. The zero-order valence-corrected chi connectivity index (χ0v) is 9.12. The number of aromatic nitrogens is 1. The Morgan fingerprint density at radius 1 is 1.60 bits per heavy atom. The summed E-state index contributed by atoms with van der Waals surface area (Å²) < 4.78 is 0. The van der Waals surface area contributed by atoms with Crippen LogP contribution in [0.4, 0.5) is 11.5 Å². The van der Waals surface area contributed by atoms with Gasteiger partial charge in [-0.2, -0.15) is 5.26 Å². The molecule has 1 aromatic rings. The molecule has 0 spiro atoms. The summed E-state index contributed by atoms with van der Waals surface area (Å²) >= 11 is 0. The number of rotatable bonds is 4. The smallest absolute Gasteiger partial charge is 0.165 e. The van der Waals surface area contributed by atoms with Crippen LogP contribution in [0.3, 0.4) is 0 Å². The van der Waals surface area contributed by atoms with Gasteiger partial charge in [0.2, 0.25) is 0 Å². The van der Waals surface area contributed by atoms with Crippen molar-refractivity contribution < 1.29 is 0 Å². The zero-order valence-electron chi connectivity index (χ0n) is 9.12. The van der Waals surface area contributed by atoms with Crippen molar-refractivity contribution in [2.45, 2.75) is 32.7 Å². The van der Waals surface area contributed by atoms with Crippen LogP contribution in [0.15, 0.2) is 12.1 Å². The highest BCUT2D eigenvalue weighted by Crippen LogP contribution is 2.13. The molecule has 0 amide bonds. The highest BCUT2D eigenvalue weighted by Gasteiger charge is 2.04. The van der Waals surface area contributed by atoms with Gasteiger partial charge in [0.05, 0.1) is 5.69 Å².